The summed E-state index contributed by atoms with van der Waals surface area (Å²) in [6.07, 6.45) is 5.31. The molecule has 100 valence electrons. The van der Waals surface area contributed by atoms with Gasteiger partial charge in [0.25, 0.3) is 0 Å². The Kier molecular flexibility index (Phi) is 3.21. The SMILES string of the molecule is Cc1ccncc1NC(=O)Cn1ccc2ccccc21. The van der Waals surface area contributed by atoms with E-state index in [1.54, 1.807) is 12.4 Å². The minimum atomic E-state index is -0.0533. The first-order valence-corrected chi connectivity index (χ1v) is 6.48. The molecule has 2 aromatic heterocycles. The molecule has 0 atom stereocenters. The Bertz CT molecular complexity index is 761. The number of aryl methyl sites for hydroxylation is 1. The maximum absolute atomic E-state index is 12.1. The van der Waals surface area contributed by atoms with Crippen molar-refractivity contribution < 1.29 is 4.79 Å². The molecule has 0 saturated heterocycles. The van der Waals surface area contributed by atoms with Crippen LogP contribution in [0.15, 0.2) is 55.0 Å². The summed E-state index contributed by atoms with van der Waals surface area (Å²) in [7, 11) is 0. The van der Waals surface area contributed by atoms with Crippen LogP contribution in [-0.4, -0.2) is 15.5 Å². The van der Waals surface area contributed by atoms with Gasteiger partial charge < -0.3 is 9.88 Å². The molecule has 0 saturated carbocycles. The lowest BCUT2D eigenvalue weighted by Crippen LogP contribution is -2.18. The Balaban J connectivity index is 1.78. The standard InChI is InChI=1S/C16H15N3O/c1-12-6-8-17-10-14(12)18-16(20)11-19-9-7-13-4-2-3-5-15(13)19/h2-10H,11H2,1H3,(H,18,20). The van der Waals surface area contributed by atoms with Gasteiger partial charge in [0.05, 0.1) is 11.9 Å². The quantitative estimate of drug-likeness (QED) is 0.791. The Hall–Kier alpha value is -2.62. The maximum atomic E-state index is 12.1. The number of aromatic nitrogens is 2. The van der Waals surface area contributed by atoms with Gasteiger partial charge in [-0.1, -0.05) is 18.2 Å². The van der Waals surface area contributed by atoms with E-state index in [4.69, 9.17) is 0 Å². The highest BCUT2D eigenvalue weighted by Crippen LogP contribution is 2.16. The number of fused-ring (bicyclic) bond motifs is 1. The molecule has 3 rings (SSSR count). The van der Waals surface area contributed by atoms with E-state index in [1.807, 2.05) is 54.1 Å². The number of nitrogens with one attached hydrogen (secondary N) is 1. The van der Waals surface area contributed by atoms with Crippen molar-refractivity contribution in [2.75, 3.05) is 5.32 Å². The highest BCUT2D eigenvalue weighted by Gasteiger charge is 2.07. The van der Waals surface area contributed by atoms with Crippen molar-refractivity contribution in [1.82, 2.24) is 9.55 Å². The molecule has 0 aliphatic rings. The lowest BCUT2D eigenvalue weighted by molar-refractivity contribution is -0.116. The molecule has 0 fully saturated rings. The summed E-state index contributed by atoms with van der Waals surface area (Å²) in [6, 6.07) is 11.9. The minimum Gasteiger partial charge on any atom is -0.338 e. The number of hydrogen-bond acceptors (Lipinski definition) is 2. The number of hydrogen-bond donors (Lipinski definition) is 1. The predicted octanol–water partition coefficient (Wildman–Crippen LogP) is 2.98. The molecule has 0 spiro atoms. The van der Waals surface area contributed by atoms with Gasteiger partial charge in [0.15, 0.2) is 0 Å². The fraction of sp³-hybridized carbons (Fsp3) is 0.125. The first-order valence-electron chi connectivity index (χ1n) is 6.48. The molecule has 4 nitrogen and oxygen atoms in total. The second kappa shape index (κ2) is 5.17. The fourth-order valence-electron chi connectivity index (χ4n) is 2.22. The van der Waals surface area contributed by atoms with Gasteiger partial charge in [-0.05, 0) is 36.1 Å². The number of carbonyl (C=O) groups excluding carboxylic acids is 1. The van der Waals surface area contributed by atoms with E-state index >= 15 is 0 Å². The number of amides is 1. The average Bonchev–Trinajstić information content (AvgIpc) is 2.85. The molecular weight excluding hydrogens is 250 g/mol. The van der Waals surface area contributed by atoms with Crippen LogP contribution < -0.4 is 5.32 Å². The van der Waals surface area contributed by atoms with E-state index in [-0.39, 0.29) is 5.91 Å². The van der Waals surface area contributed by atoms with Gasteiger partial charge >= 0.3 is 0 Å². The van der Waals surface area contributed by atoms with Crippen molar-refractivity contribution in [3.63, 3.8) is 0 Å². The predicted molar refractivity (Wildman–Crippen MR) is 79.5 cm³/mol. The molecule has 4 heteroatoms. The summed E-state index contributed by atoms with van der Waals surface area (Å²) >= 11 is 0. The lowest BCUT2D eigenvalue weighted by atomic mass is 10.2. The lowest BCUT2D eigenvalue weighted by Gasteiger charge is -2.09. The Morgan fingerprint density at radius 3 is 2.95 bits per heavy atom. The normalized spacial score (nSPS) is 10.7. The average molecular weight is 265 g/mol. The number of carbonyl (C=O) groups is 1. The smallest absolute Gasteiger partial charge is 0.244 e. The van der Waals surface area contributed by atoms with Gasteiger partial charge in [-0.15, -0.1) is 0 Å². The Labute approximate surface area is 117 Å². The summed E-state index contributed by atoms with van der Waals surface area (Å²) in [5.41, 5.74) is 2.82. The van der Waals surface area contributed by atoms with Gasteiger partial charge in [0.2, 0.25) is 5.91 Å². The van der Waals surface area contributed by atoms with Crippen LogP contribution in [0.2, 0.25) is 0 Å². The second-order valence-corrected chi connectivity index (χ2v) is 4.74. The van der Waals surface area contributed by atoms with Crippen LogP contribution in [0, 0.1) is 6.92 Å². The van der Waals surface area contributed by atoms with Gasteiger partial charge in [-0.25, -0.2) is 0 Å². The fourth-order valence-corrected chi connectivity index (χ4v) is 2.22. The van der Waals surface area contributed by atoms with Gasteiger partial charge in [-0.2, -0.15) is 0 Å². The van der Waals surface area contributed by atoms with Crippen molar-refractivity contribution in [2.45, 2.75) is 13.5 Å². The van der Waals surface area contributed by atoms with Crippen LogP contribution in [0.25, 0.3) is 10.9 Å². The monoisotopic (exact) mass is 265 g/mol. The zero-order valence-electron chi connectivity index (χ0n) is 11.2. The molecule has 1 aromatic carbocycles. The Morgan fingerprint density at radius 1 is 1.25 bits per heavy atom. The molecule has 2 heterocycles. The molecule has 1 N–H and O–H groups in total. The van der Waals surface area contributed by atoms with E-state index in [1.165, 1.54) is 0 Å². The third-order valence-corrected chi connectivity index (χ3v) is 3.31. The Morgan fingerprint density at radius 2 is 2.10 bits per heavy atom. The molecule has 20 heavy (non-hydrogen) atoms. The van der Waals surface area contributed by atoms with E-state index < -0.39 is 0 Å². The third kappa shape index (κ3) is 2.40. The van der Waals surface area contributed by atoms with Crippen molar-refractivity contribution in [1.29, 1.82) is 0 Å². The minimum absolute atomic E-state index is 0.0533. The summed E-state index contributed by atoms with van der Waals surface area (Å²) < 4.78 is 1.94. The first-order chi connectivity index (χ1) is 9.74. The molecule has 0 bridgehead atoms. The number of pyridine rings is 1. The number of para-hydroxylation sites is 1. The van der Waals surface area contributed by atoms with E-state index in [9.17, 15) is 4.79 Å². The number of nitrogens with zero attached hydrogens (tertiary/aromatic N) is 2. The maximum Gasteiger partial charge on any atom is 0.244 e. The molecule has 3 aromatic rings. The van der Waals surface area contributed by atoms with E-state index in [0.29, 0.717) is 6.54 Å². The zero-order chi connectivity index (χ0) is 13.9. The van der Waals surface area contributed by atoms with Crippen LogP contribution >= 0.6 is 0 Å². The van der Waals surface area contributed by atoms with E-state index in [2.05, 4.69) is 10.3 Å². The highest BCUT2D eigenvalue weighted by atomic mass is 16.1. The number of anilines is 1. The van der Waals surface area contributed by atoms with Crippen LogP contribution in [0.3, 0.4) is 0 Å². The van der Waals surface area contributed by atoms with Crippen LogP contribution in [0.4, 0.5) is 5.69 Å². The van der Waals surface area contributed by atoms with Gasteiger partial charge in [-0.3, -0.25) is 9.78 Å². The largest absolute Gasteiger partial charge is 0.338 e. The van der Waals surface area contributed by atoms with Crippen LogP contribution in [-0.2, 0) is 11.3 Å². The summed E-state index contributed by atoms with van der Waals surface area (Å²) in [5, 5.41) is 4.03. The van der Waals surface area contributed by atoms with Crippen molar-refractivity contribution >= 4 is 22.5 Å². The topological polar surface area (TPSA) is 46.9 Å². The second-order valence-electron chi connectivity index (χ2n) is 4.74. The van der Waals surface area contributed by atoms with Crippen LogP contribution in [0.1, 0.15) is 5.56 Å². The molecule has 0 radical (unpaired) electrons. The third-order valence-electron chi connectivity index (χ3n) is 3.31. The van der Waals surface area contributed by atoms with Crippen LogP contribution in [0.5, 0.6) is 0 Å². The van der Waals surface area contributed by atoms with E-state index in [0.717, 1.165) is 22.2 Å². The van der Waals surface area contributed by atoms with Gasteiger partial charge in [0.1, 0.15) is 6.54 Å². The highest BCUT2D eigenvalue weighted by molar-refractivity contribution is 5.92. The number of benzene rings is 1. The van der Waals surface area contributed by atoms with Crippen molar-refractivity contribution in [2.24, 2.45) is 0 Å². The number of rotatable bonds is 3. The van der Waals surface area contributed by atoms with Gasteiger partial charge in [0, 0.05) is 17.9 Å². The molecule has 0 aliphatic carbocycles. The summed E-state index contributed by atoms with van der Waals surface area (Å²) in [4.78, 5) is 16.1. The molecule has 0 aliphatic heterocycles. The molecular formula is C16H15N3O. The van der Waals surface area contributed by atoms with Crippen molar-refractivity contribution in [3.8, 4) is 0 Å². The molecule has 1 amide bonds. The van der Waals surface area contributed by atoms with Crippen molar-refractivity contribution in [3.05, 3.63) is 60.6 Å². The summed E-state index contributed by atoms with van der Waals surface area (Å²) in [6.45, 7) is 2.24. The molecule has 0 unspecified atom stereocenters. The summed E-state index contributed by atoms with van der Waals surface area (Å²) in [5.74, 6) is -0.0533. The zero-order valence-corrected chi connectivity index (χ0v) is 11.2. The first kappa shape index (κ1) is 12.4.